The fourth-order valence-corrected chi connectivity index (χ4v) is 0.777. The van der Waals surface area contributed by atoms with Crippen LogP contribution in [0.3, 0.4) is 0 Å². The molecule has 0 aromatic carbocycles. The number of rotatable bonds is 1. The van der Waals surface area contributed by atoms with Gasteiger partial charge in [0.15, 0.2) is 0 Å². The second-order valence-corrected chi connectivity index (χ2v) is 2.65. The number of hydrogen-bond donors (Lipinski definition) is 3. The van der Waals surface area contributed by atoms with Crippen molar-refractivity contribution >= 4 is 15.9 Å². The number of aromatic nitrogens is 2. The zero-order chi connectivity index (χ0) is 8.43. The zero-order valence-electron chi connectivity index (χ0n) is 5.47. The second-order valence-electron chi connectivity index (χ2n) is 1.85. The highest BCUT2D eigenvalue weighted by Gasteiger charge is 2.05. The van der Waals surface area contributed by atoms with E-state index in [2.05, 4.69) is 25.9 Å². The minimum absolute atomic E-state index is 0.0229. The molecule has 0 spiro atoms. The number of aromatic amines is 1. The Labute approximate surface area is 70.4 Å². The van der Waals surface area contributed by atoms with E-state index in [9.17, 15) is 4.79 Å². The summed E-state index contributed by atoms with van der Waals surface area (Å²) in [5.74, 6) is -0.0788. The number of nitrogens with two attached hydrogens (primary N) is 1. The number of nitrogens with one attached hydrogen (secondary N) is 1. The van der Waals surface area contributed by atoms with Gasteiger partial charge in [-0.05, 0) is 15.9 Å². The molecule has 5 nitrogen and oxygen atoms in total. The first-order valence-electron chi connectivity index (χ1n) is 2.83. The molecule has 60 valence electrons. The predicted octanol–water partition coefficient (Wildman–Crippen LogP) is -0.303. The summed E-state index contributed by atoms with van der Waals surface area (Å²) in [6.45, 7) is 0.0933. The maximum Gasteiger partial charge on any atom is 0.269 e. The van der Waals surface area contributed by atoms with Crippen molar-refractivity contribution in [2.24, 2.45) is 5.73 Å². The van der Waals surface area contributed by atoms with E-state index in [-0.39, 0.29) is 22.7 Å². The molecule has 0 fully saturated rings. The quantitative estimate of drug-likeness (QED) is 0.605. The summed E-state index contributed by atoms with van der Waals surface area (Å²) >= 11 is 2.85. The fraction of sp³-hybridized carbons (Fsp3) is 0.200. The molecule has 1 rings (SSSR count). The van der Waals surface area contributed by atoms with Crippen LogP contribution >= 0.6 is 15.9 Å². The predicted molar refractivity (Wildman–Crippen MR) is 42.1 cm³/mol. The number of aromatic hydroxyl groups is 1. The van der Waals surface area contributed by atoms with Gasteiger partial charge in [0.25, 0.3) is 5.56 Å². The summed E-state index contributed by atoms with van der Waals surface area (Å²) in [7, 11) is 0. The molecular weight excluding hydrogens is 214 g/mol. The summed E-state index contributed by atoms with van der Waals surface area (Å²) in [6, 6.07) is 0. The summed E-state index contributed by atoms with van der Waals surface area (Å²) < 4.78 is 0.0229. The third kappa shape index (κ3) is 1.58. The molecule has 1 heterocycles. The van der Waals surface area contributed by atoms with Gasteiger partial charge in [-0.25, -0.2) is 0 Å². The average molecular weight is 220 g/mol. The van der Waals surface area contributed by atoms with Crippen molar-refractivity contribution in [3.8, 4) is 5.88 Å². The van der Waals surface area contributed by atoms with Gasteiger partial charge in [0.05, 0.1) is 6.54 Å². The molecule has 0 aliphatic carbocycles. The lowest BCUT2D eigenvalue weighted by atomic mass is 10.5. The highest BCUT2D eigenvalue weighted by Crippen LogP contribution is 2.14. The standard InChI is InChI=1S/C5H6BrN3O2/c6-3-4(10)8-2(1-7)9-5(3)11/h1,7H2,(H2,8,9,10,11). The first-order valence-corrected chi connectivity index (χ1v) is 3.62. The molecule has 1 aromatic heterocycles. The van der Waals surface area contributed by atoms with Gasteiger partial charge in [-0.3, -0.25) is 4.79 Å². The molecule has 1 aromatic rings. The Balaban J connectivity index is 3.32. The summed E-state index contributed by atoms with van der Waals surface area (Å²) in [5.41, 5.74) is 4.75. The lowest BCUT2D eigenvalue weighted by Gasteiger charge is -1.97. The number of halogens is 1. The molecule has 0 atom stereocenters. The summed E-state index contributed by atoms with van der Waals surface area (Å²) in [5, 5.41) is 8.98. The molecule has 0 amide bonds. The zero-order valence-corrected chi connectivity index (χ0v) is 7.05. The molecule has 11 heavy (non-hydrogen) atoms. The summed E-state index contributed by atoms with van der Waals surface area (Å²) in [4.78, 5) is 16.8. The molecule has 0 radical (unpaired) electrons. The van der Waals surface area contributed by atoms with Gasteiger partial charge < -0.3 is 15.8 Å². The Morgan fingerprint density at radius 2 is 2.36 bits per heavy atom. The van der Waals surface area contributed by atoms with E-state index in [4.69, 9.17) is 10.8 Å². The normalized spacial score (nSPS) is 10.0. The highest BCUT2D eigenvalue weighted by molar-refractivity contribution is 9.10. The topological polar surface area (TPSA) is 92.0 Å². The Hall–Kier alpha value is -0.880. The third-order valence-corrected chi connectivity index (χ3v) is 1.80. The molecule has 0 saturated carbocycles. The van der Waals surface area contributed by atoms with Crippen LogP contribution in [0.2, 0.25) is 0 Å². The Bertz CT molecular complexity index is 322. The number of H-pyrrole nitrogens is 1. The van der Waals surface area contributed by atoms with Crippen LogP contribution in [0.15, 0.2) is 9.27 Å². The van der Waals surface area contributed by atoms with Crippen molar-refractivity contribution in [1.29, 1.82) is 0 Å². The third-order valence-electron chi connectivity index (χ3n) is 1.09. The van der Waals surface area contributed by atoms with E-state index < -0.39 is 5.56 Å². The Morgan fingerprint density at radius 1 is 1.73 bits per heavy atom. The van der Waals surface area contributed by atoms with Gasteiger partial charge in [0.2, 0.25) is 5.88 Å². The van der Waals surface area contributed by atoms with Gasteiger partial charge in [0.1, 0.15) is 10.3 Å². The van der Waals surface area contributed by atoms with Crippen LogP contribution in [0, 0.1) is 0 Å². The maximum absolute atomic E-state index is 10.9. The second kappa shape index (κ2) is 3.02. The number of hydrogen-bond acceptors (Lipinski definition) is 4. The van der Waals surface area contributed by atoms with Crippen LogP contribution < -0.4 is 11.3 Å². The van der Waals surface area contributed by atoms with Crippen molar-refractivity contribution in [3.05, 3.63) is 20.7 Å². The number of nitrogens with zero attached hydrogens (tertiary/aromatic N) is 1. The minimum atomic E-state index is -0.432. The van der Waals surface area contributed by atoms with E-state index >= 15 is 0 Å². The van der Waals surface area contributed by atoms with Crippen LogP contribution in [0.4, 0.5) is 0 Å². The Morgan fingerprint density at radius 3 is 2.82 bits per heavy atom. The van der Waals surface area contributed by atoms with Gasteiger partial charge in [-0.2, -0.15) is 4.98 Å². The average Bonchev–Trinajstić information content (AvgIpc) is 1.99. The van der Waals surface area contributed by atoms with Crippen LogP contribution in [0.1, 0.15) is 5.82 Å². The van der Waals surface area contributed by atoms with E-state index in [1.54, 1.807) is 0 Å². The van der Waals surface area contributed by atoms with E-state index in [1.807, 2.05) is 0 Å². The molecule has 0 bridgehead atoms. The lowest BCUT2D eigenvalue weighted by molar-refractivity contribution is 0.443. The summed E-state index contributed by atoms with van der Waals surface area (Å²) in [6.07, 6.45) is 0. The molecule has 0 aliphatic rings. The van der Waals surface area contributed by atoms with E-state index in [0.29, 0.717) is 0 Å². The van der Waals surface area contributed by atoms with Crippen molar-refractivity contribution in [2.45, 2.75) is 6.54 Å². The molecule has 4 N–H and O–H groups in total. The van der Waals surface area contributed by atoms with Gasteiger partial charge in [0, 0.05) is 0 Å². The van der Waals surface area contributed by atoms with Crippen LogP contribution in [-0.2, 0) is 6.54 Å². The smallest absolute Gasteiger partial charge is 0.269 e. The minimum Gasteiger partial charge on any atom is -0.492 e. The highest BCUT2D eigenvalue weighted by atomic mass is 79.9. The monoisotopic (exact) mass is 219 g/mol. The van der Waals surface area contributed by atoms with Crippen molar-refractivity contribution in [1.82, 2.24) is 9.97 Å². The van der Waals surface area contributed by atoms with E-state index in [0.717, 1.165) is 0 Å². The molecule has 6 heteroatoms. The molecule has 0 aliphatic heterocycles. The molecule has 0 saturated heterocycles. The largest absolute Gasteiger partial charge is 0.492 e. The van der Waals surface area contributed by atoms with Gasteiger partial charge in [-0.15, -0.1) is 0 Å². The fourth-order valence-electron chi connectivity index (χ4n) is 0.589. The van der Waals surface area contributed by atoms with Gasteiger partial charge in [-0.1, -0.05) is 0 Å². The van der Waals surface area contributed by atoms with Crippen molar-refractivity contribution in [3.63, 3.8) is 0 Å². The lowest BCUT2D eigenvalue weighted by Crippen LogP contribution is -2.14. The van der Waals surface area contributed by atoms with Crippen molar-refractivity contribution < 1.29 is 5.11 Å². The SMILES string of the molecule is NCc1nc(O)c(Br)c(=O)[nH]1. The van der Waals surface area contributed by atoms with Crippen LogP contribution in [0.5, 0.6) is 5.88 Å². The Kier molecular flexibility index (Phi) is 2.25. The molecule has 0 unspecified atom stereocenters. The van der Waals surface area contributed by atoms with Crippen molar-refractivity contribution in [2.75, 3.05) is 0 Å². The van der Waals surface area contributed by atoms with Crippen LogP contribution in [-0.4, -0.2) is 15.1 Å². The van der Waals surface area contributed by atoms with E-state index in [1.165, 1.54) is 0 Å². The maximum atomic E-state index is 10.9. The first kappa shape index (κ1) is 8.22. The first-order chi connectivity index (χ1) is 5.15. The van der Waals surface area contributed by atoms with Crippen LogP contribution in [0.25, 0.3) is 0 Å². The molecular formula is C5H6BrN3O2. The van der Waals surface area contributed by atoms with Gasteiger partial charge >= 0.3 is 0 Å².